The zero-order valence-electron chi connectivity index (χ0n) is 17.0. The van der Waals surface area contributed by atoms with E-state index < -0.39 is 20.0 Å². The van der Waals surface area contributed by atoms with Crippen LogP contribution < -0.4 is 14.2 Å². The number of sulfonamides is 2. The molecule has 1 aliphatic heterocycles. The van der Waals surface area contributed by atoms with Gasteiger partial charge in [0.25, 0.3) is 20.0 Å². The van der Waals surface area contributed by atoms with E-state index in [1.807, 2.05) is 13.0 Å². The Morgan fingerprint density at radius 3 is 2.32 bits per heavy atom. The van der Waals surface area contributed by atoms with Gasteiger partial charge in [-0.2, -0.15) is 0 Å². The van der Waals surface area contributed by atoms with Gasteiger partial charge in [0.1, 0.15) is 5.75 Å². The minimum absolute atomic E-state index is 0.00319. The van der Waals surface area contributed by atoms with Crippen molar-refractivity contribution >= 4 is 31.4 Å². The van der Waals surface area contributed by atoms with E-state index in [1.54, 1.807) is 43.3 Å². The Bertz CT molecular complexity index is 1370. The highest BCUT2D eigenvalue weighted by Crippen LogP contribution is 2.29. The molecule has 0 fully saturated rings. The summed E-state index contributed by atoms with van der Waals surface area (Å²) in [7, 11) is -7.81. The number of aryl methyl sites for hydroxylation is 2. The van der Waals surface area contributed by atoms with Crippen molar-refractivity contribution in [2.24, 2.45) is 0 Å². The normalized spacial score (nSPS) is 13.4. The Kier molecular flexibility index (Phi) is 5.40. The van der Waals surface area contributed by atoms with Crippen LogP contribution in [0.5, 0.6) is 5.75 Å². The van der Waals surface area contributed by atoms with Gasteiger partial charge in [-0.3, -0.25) is 9.44 Å². The van der Waals surface area contributed by atoms with Gasteiger partial charge in [0.2, 0.25) is 0 Å². The van der Waals surface area contributed by atoms with Crippen LogP contribution in [0.4, 0.5) is 11.4 Å². The van der Waals surface area contributed by atoms with Gasteiger partial charge in [-0.05, 0) is 73.0 Å². The van der Waals surface area contributed by atoms with Gasteiger partial charge >= 0.3 is 0 Å². The van der Waals surface area contributed by atoms with Gasteiger partial charge in [0, 0.05) is 12.1 Å². The van der Waals surface area contributed by atoms with Crippen molar-refractivity contribution < 1.29 is 21.6 Å². The molecule has 0 aliphatic carbocycles. The number of ether oxygens (including phenoxy) is 1. The zero-order chi connectivity index (χ0) is 22.2. The molecule has 3 aromatic carbocycles. The Morgan fingerprint density at radius 2 is 1.55 bits per heavy atom. The first kappa shape index (κ1) is 21.2. The quantitative estimate of drug-likeness (QED) is 0.584. The summed E-state index contributed by atoms with van der Waals surface area (Å²) >= 11 is 0. The lowest BCUT2D eigenvalue weighted by Gasteiger charge is -2.14. The van der Waals surface area contributed by atoms with Crippen molar-refractivity contribution in [3.8, 4) is 5.75 Å². The van der Waals surface area contributed by atoms with Crippen molar-refractivity contribution in [2.45, 2.75) is 30.1 Å². The third-order valence-corrected chi connectivity index (χ3v) is 7.87. The van der Waals surface area contributed by atoms with Crippen molar-refractivity contribution in [1.82, 2.24) is 0 Å². The van der Waals surface area contributed by atoms with E-state index in [9.17, 15) is 16.8 Å². The maximum absolute atomic E-state index is 12.9. The van der Waals surface area contributed by atoms with Gasteiger partial charge in [0.15, 0.2) is 0 Å². The summed E-state index contributed by atoms with van der Waals surface area (Å²) < 4.78 is 62.1. The van der Waals surface area contributed by atoms with Crippen LogP contribution in [0.3, 0.4) is 0 Å². The molecule has 0 radical (unpaired) electrons. The van der Waals surface area contributed by atoms with Gasteiger partial charge in [-0.1, -0.05) is 18.2 Å². The molecule has 0 saturated heterocycles. The summed E-state index contributed by atoms with van der Waals surface area (Å²) in [4.78, 5) is 0.0937. The number of benzene rings is 3. The number of nitrogens with one attached hydrogen (secondary N) is 2. The largest absolute Gasteiger partial charge is 0.493 e. The van der Waals surface area contributed by atoms with Crippen LogP contribution >= 0.6 is 0 Å². The predicted octanol–water partition coefficient (Wildman–Crippen LogP) is 3.84. The summed E-state index contributed by atoms with van der Waals surface area (Å²) in [6.07, 6.45) is 0.649. The molecule has 162 valence electrons. The maximum Gasteiger partial charge on any atom is 0.262 e. The molecule has 0 bridgehead atoms. The lowest BCUT2D eigenvalue weighted by molar-refractivity contribution is 0.356. The lowest BCUT2D eigenvalue weighted by Crippen LogP contribution is -2.16. The molecule has 0 unspecified atom stereocenters. The average Bonchev–Trinajstić information content (AvgIpc) is 3.17. The van der Waals surface area contributed by atoms with Gasteiger partial charge < -0.3 is 4.74 Å². The molecule has 0 spiro atoms. The Morgan fingerprint density at radius 1 is 0.806 bits per heavy atom. The first-order chi connectivity index (χ1) is 14.6. The molecular formula is C22H22N2O5S2. The highest BCUT2D eigenvalue weighted by Gasteiger charge is 2.22. The van der Waals surface area contributed by atoms with Gasteiger partial charge in [-0.25, -0.2) is 16.8 Å². The van der Waals surface area contributed by atoms with Crippen LogP contribution in [-0.4, -0.2) is 23.4 Å². The fourth-order valence-corrected chi connectivity index (χ4v) is 5.84. The minimum atomic E-state index is -3.91. The third kappa shape index (κ3) is 4.52. The Hall–Kier alpha value is -3.04. The molecule has 0 atom stereocenters. The van der Waals surface area contributed by atoms with Crippen LogP contribution in [0.15, 0.2) is 70.5 Å². The highest BCUT2D eigenvalue weighted by atomic mass is 32.2. The highest BCUT2D eigenvalue weighted by molar-refractivity contribution is 7.93. The molecule has 2 N–H and O–H groups in total. The van der Waals surface area contributed by atoms with Crippen molar-refractivity contribution in [1.29, 1.82) is 0 Å². The van der Waals surface area contributed by atoms with Crippen molar-refractivity contribution in [3.05, 3.63) is 77.4 Å². The molecule has 0 saturated carbocycles. The summed E-state index contributed by atoms with van der Waals surface area (Å²) in [5.74, 6) is 0.685. The number of hydrogen-bond acceptors (Lipinski definition) is 5. The molecule has 0 aromatic heterocycles. The van der Waals surface area contributed by atoms with Crippen molar-refractivity contribution in [3.63, 3.8) is 0 Å². The van der Waals surface area contributed by atoms with E-state index in [1.165, 1.54) is 18.2 Å². The topological polar surface area (TPSA) is 102 Å². The van der Waals surface area contributed by atoms with Crippen LogP contribution in [0.2, 0.25) is 0 Å². The maximum atomic E-state index is 12.9. The number of fused-ring (bicyclic) bond motifs is 1. The Labute approximate surface area is 182 Å². The molecule has 31 heavy (non-hydrogen) atoms. The monoisotopic (exact) mass is 458 g/mol. The van der Waals surface area contributed by atoms with E-state index >= 15 is 0 Å². The van der Waals surface area contributed by atoms with Crippen molar-refractivity contribution in [2.75, 3.05) is 16.1 Å². The molecule has 4 rings (SSSR count). The first-order valence-electron chi connectivity index (χ1n) is 9.63. The van der Waals surface area contributed by atoms with E-state index in [4.69, 9.17) is 4.74 Å². The second kappa shape index (κ2) is 7.90. The smallest absolute Gasteiger partial charge is 0.262 e. The van der Waals surface area contributed by atoms with Crippen LogP contribution in [-0.2, 0) is 26.5 Å². The summed E-state index contributed by atoms with van der Waals surface area (Å²) in [5.41, 5.74) is 2.84. The second-order valence-electron chi connectivity index (χ2n) is 7.43. The predicted molar refractivity (Wildman–Crippen MR) is 120 cm³/mol. The summed E-state index contributed by atoms with van der Waals surface area (Å²) in [6.45, 7) is 4.05. The lowest BCUT2D eigenvalue weighted by atomic mass is 10.2. The number of anilines is 2. The molecule has 0 amide bonds. The van der Waals surface area contributed by atoms with E-state index in [2.05, 4.69) is 9.44 Å². The molecule has 3 aromatic rings. The van der Waals surface area contributed by atoms with Crippen LogP contribution in [0, 0.1) is 13.8 Å². The SMILES string of the molecule is Cc1cccc(NS(=O)(=O)c2cc(NS(=O)(=O)c3ccc4c(c3)CCO4)ccc2C)c1. The van der Waals surface area contributed by atoms with E-state index in [0.717, 1.165) is 11.1 Å². The second-order valence-corrected chi connectivity index (χ2v) is 10.8. The standard InChI is InChI=1S/C22H22N2O5S2/c1-15-4-3-5-18(12-15)24-31(27,28)22-14-19(7-6-16(22)2)23-30(25,26)20-8-9-21-17(13-20)10-11-29-21/h3-9,12-14,23-24H,10-11H2,1-2H3. The third-order valence-electron chi connectivity index (χ3n) is 4.97. The molecule has 7 nitrogen and oxygen atoms in total. The number of rotatable bonds is 6. The first-order valence-corrected chi connectivity index (χ1v) is 12.6. The molecule has 1 heterocycles. The van der Waals surface area contributed by atoms with Crippen LogP contribution in [0.25, 0.3) is 0 Å². The number of hydrogen-bond donors (Lipinski definition) is 2. The summed E-state index contributed by atoms with van der Waals surface area (Å²) in [6, 6.07) is 16.1. The fourth-order valence-electron chi connectivity index (χ4n) is 3.42. The molecule has 1 aliphatic rings. The fraction of sp³-hybridized carbons (Fsp3) is 0.182. The minimum Gasteiger partial charge on any atom is -0.493 e. The van der Waals surface area contributed by atoms with Gasteiger partial charge in [-0.15, -0.1) is 0 Å². The zero-order valence-corrected chi connectivity index (χ0v) is 18.7. The average molecular weight is 459 g/mol. The summed E-state index contributed by atoms with van der Waals surface area (Å²) in [5, 5.41) is 0. The molecule has 9 heteroatoms. The van der Waals surface area contributed by atoms with E-state index in [-0.39, 0.29) is 15.5 Å². The van der Waals surface area contributed by atoms with Gasteiger partial charge in [0.05, 0.1) is 22.1 Å². The Balaban J connectivity index is 1.63. The molecular weight excluding hydrogens is 436 g/mol. The van der Waals surface area contributed by atoms with E-state index in [0.29, 0.717) is 30.0 Å². The van der Waals surface area contributed by atoms with Crippen LogP contribution in [0.1, 0.15) is 16.7 Å².